The first-order valence-electron chi connectivity index (χ1n) is 10.3. The molecule has 0 unspecified atom stereocenters. The van der Waals surface area contributed by atoms with Crippen molar-refractivity contribution in [2.45, 2.75) is 4.90 Å². The second kappa shape index (κ2) is 8.42. The first-order valence-corrected chi connectivity index (χ1v) is 12.6. The average Bonchev–Trinajstić information content (AvgIpc) is 3.46. The summed E-state index contributed by atoms with van der Waals surface area (Å²) in [7, 11) is -0.753. The van der Waals surface area contributed by atoms with E-state index in [1.807, 2.05) is 66.0 Å². The molecule has 5 rings (SSSR count). The molecule has 0 aliphatic heterocycles. The monoisotopic (exact) mass is 475 g/mol. The van der Waals surface area contributed by atoms with E-state index >= 15 is 0 Å². The maximum atomic E-state index is 14.1. The molecule has 0 saturated carbocycles. The largest absolute Gasteiger partial charge is 0.497 e. The number of thiophene rings is 1. The lowest BCUT2D eigenvalue weighted by Gasteiger charge is -2.14. The number of para-hydroxylation sites is 1. The fourth-order valence-electron chi connectivity index (χ4n) is 4.08. The maximum Gasteiger partial charge on any atom is 0.268 e. The van der Waals surface area contributed by atoms with E-state index in [2.05, 4.69) is 0 Å². The van der Waals surface area contributed by atoms with Crippen molar-refractivity contribution in [3.63, 3.8) is 0 Å². The third kappa shape index (κ3) is 3.50. The smallest absolute Gasteiger partial charge is 0.268 e. The topological polar surface area (TPSA) is 57.5 Å². The molecule has 5 nitrogen and oxygen atoms in total. The van der Waals surface area contributed by atoms with Crippen LogP contribution in [-0.2, 0) is 10.0 Å². The van der Waals surface area contributed by atoms with Crippen LogP contribution in [0.3, 0.4) is 0 Å². The minimum absolute atomic E-state index is 0.185. The zero-order valence-corrected chi connectivity index (χ0v) is 19.7. The number of nitrogens with zero attached hydrogens (tertiary/aromatic N) is 1. The second-order valence-electron chi connectivity index (χ2n) is 7.38. The number of hydrogen-bond donors (Lipinski definition) is 0. The molecular weight excluding hydrogens is 454 g/mol. The number of ether oxygens (including phenoxy) is 2. The molecule has 33 heavy (non-hydrogen) atoms. The minimum Gasteiger partial charge on any atom is -0.497 e. The van der Waals surface area contributed by atoms with E-state index in [-0.39, 0.29) is 4.90 Å². The summed E-state index contributed by atoms with van der Waals surface area (Å²) in [4.78, 5) is 0.185. The molecule has 3 aromatic carbocycles. The van der Waals surface area contributed by atoms with E-state index in [0.29, 0.717) is 17.0 Å². The molecule has 166 valence electrons. The molecule has 2 aromatic heterocycles. The number of benzene rings is 3. The third-order valence-electron chi connectivity index (χ3n) is 5.56. The molecule has 0 spiro atoms. The Morgan fingerprint density at radius 3 is 2.18 bits per heavy atom. The predicted molar refractivity (Wildman–Crippen MR) is 133 cm³/mol. The number of methoxy groups -OCH3 is 2. The van der Waals surface area contributed by atoms with Gasteiger partial charge in [0.2, 0.25) is 0 Å². The van der Waals surface area contributed by atoms with E-state index in [1.54, 1.807) is 38.5 Å². The van der Waals surface area contributed by atoms with Gasteiger partial charge in [-0.15, -0.1) is 11.3 Å². The molecule has 0 bridgehead atoms. The summed E-state index contributed by atoms with van der Waals surface area (Å²) in [6, 6.07) is 25.6. The highest BCUT2D eigenvalue weighted by Gasteiger charge is 2.29. The molecule has 0 fully saturated rings. The number of hydrogen-bond acceptors (Lipinski definition) is 5. The van der Waals surface area contributed by atoms with Gasteiger partial charge in [0.15, 0.2) is 5.06 Å². The van der Waals surface area contributed by atoms with Gasteiger partial charge in [-0.3, -0.25) is 0 Å². The molecule has 7 heteroatoms. The van der Waals surface area contributed by atoms with E-state index in [0.717, 1.165) is 27.1 Å². The third-order valence-corrected chi connectivity index (χ3v) is 8.16. The Balaban J connectivity index is 1.92. The Labute approximate surface area is 196 Å². The maximum absolute atomic E-state index is 14.1. The zero-order chi connectivity index (χ0) is 23.0. The van der Waals surface area contributed by atoms with Crippen molar-refractivity contribution < 1.29 is 17.9 Å². The Kier molecular flexibility index (Phi) is 5.44. The van der Waals surface area contributed by atoms with Crippen molar-refractivity contribution >= 4 is 32.3 Å². The van der Waals surface area contributed by atoms with Gasteiger partial charge in [0.1, 0.15) is 5.75 Å². The molecular formula is C26H21NO4S2. The van der Waals surface area contributed by atoms with E-state index in [4.69, 9.17) is 9.47 Å². The van der Waals surface area contributed by atoms with Crippen molar-refractivity contribution in [3.05, 3.63) is 90.3 Å². The van der Waals surface area contributed by atoms with Crippen LogP contribution in [-0.4, -0.2) is 26.6 Å². The Morgan fingerprint density at radius 2 is 1.48 bits per heavy atom. The van der Waals surface area contributed by atoms with Crippen LogP contribution in [0.4, 0.5) is 0 Å². The standard InChI is InChI=1S/C26H21NO4S2/c1-30-19-12-14-20(15-13-19)33(28,29)27-23-11-7-6-10-21(23)24(22-16-17-32-26(22)31-2)25(27)18-8-4-3-5-9-18/h3-17H,1-2H3. The second-order valence-corrected chi connectivity index (χ2v) is 10.0. The van der Waals surface area contributed by atoms with E-state index in [9.17, 15) is 8.42 Å². The normalized spacial score (nSPS) is 11.6. The van der Waals surface area contributed by atoms with Crippen LogP contribution in [0.1, 0.15) is 0 Å². The van der Waals surface area contributed by atoms with Gasteiger partial charge in [-0.05, 0) is 47.3 Å². The summed E-state index contributed by atoms with van der Waals surface area (Å²) < 4.78 is 40.4. The van der Waals surface area contributed by atoms with Gasteiger partial charge < -0.3 is 9.47 Å². The van der Waals surface area contributed by atoms with Crippen molar-refractivity contribution in [1.29, 1.82) is 0 Å². The minimum atomic E-state index is -3.94. The molecule has 0 atom stereocenters. The SMILES string of the molecule is COc1ccc(S(=O)(=O)n2c(-c3ccccc3)c(-c3ccsc3OC)c3ccccc32)cc1. The molecule has 5 aromatic rings. The zero-order valence-electron chi connectivity index (χ0n) is 18.1. The van der Waals surface area contributed by atoms with Gasteiger partial charge in [-0.2, -0.15) is 0 Å². The van der Waals surface area contributed by atoms with Crippen LogP contribution in [0.25, 0.3) is 33.3 Å². The lowest BCUT2D eigenvalue weighted by Crippen LogP contribution is -2.14. The molecule has 0 aliphatic carbocycles. The number of fused-ring (bicyclic) bond motifs is 1. The molecule has 0 N–H and O–H groups in total. The van der Waals surface area contributed by atoms with Crippen molar-refractivity contribution in [2.24, 2.45) is 0 Å². The van der Waals surface area contributed by atoms with Crippen LogP contribution in [0, 0.1) is 0 Å². The first kappa shape index (κ1) is 21.3. The Hall–Kier alpha value is -3.55. The molecule has 0 saturated heterocycles. The average molecular weight is 476 g/mol. The van der Waals surface area contributed by atoms with Crippen LogP contribution < -0.4 is 9.47 Å². The molecule has 0 amide bonds. The van der Waals surface area contributed by atoms with Crippen molar-refractivity contribution in [1.82, 2.24) is 3.97 Å². The number of aromatic nitrogens is 1. The van der Waals surface area contributed by atoms with Crippen LogP contribution in [0.5, 0.6) is 10.8 Å². The first-order chi connectivity index (χ1) is 16.1. The highest BCUT2D eigenvalue weighted by atomic mass is 32.2. The van der Waals surface area contributed by atoms with Crippen molar-refractivity contribution in [2.75, 3.05) is 14.2 Å². The summed E-state index contributed by atoms with van der Waals surface area (Å²) in [6.45, 7) is 0. The predicted octanol–water partition coefficient (Wildman–Crippen LogP) is 6.29. The van der Waals surface area contributed by atoms with Gasteiger partial charge >= 0.3 is 0 Å². The van der Waals surface area contributed by atoms with Crippen molar-refractivity contribution in [3.8, 4) is 33.2 Å². The summed E-state index contributed by atoms with van der Waals surface area (Å²) in [5, 5.41) is 3.52. The van der Waals surface area contributed by atoms with Crippen LogP contribution in [0.15, 0.2) is 95.2 Å². The molecule has 2 heterocycles. The van der Waals surface area contributed by atoms with Gasteiger partial charge in [0, 0.05) is 16.5 Å². The van der Waals surface area contributed by atoms with Gasteiger partial charge in [-0.1, -0.05) is 48.5 Å². The van der Waals surface area contributed by atoms with Gasteiger partial charge in [0.25, 0.3) is 10.0 Å². The van der Waals surface area contributed by atoms with E-state index in [1.165, 1.54) is 15.3 Å². The Morgan fingerprint density at radius 1 is 0.788 bits per heavy atom. The summed E-state index contributed by atoms with van der Waals surface area (Å²) in [6.07, 6.45) is 0. The summed E-state index contributed by atoms with van der Waals surface area (Å²) >= 11 is 1.48. The lowest BCUT2D eigenvalue weighted by molar-refractivity contribution is 0.414. The number of rotatable bonds is 6. The fourth-order valence-corrected chi connectivity index (χ4v) is 6.35. The fraction of sp³-hybridized carbons (Fsp3) is 0.0769. The summed E-state index contributed by atoms with van der Waals surface area (Å²) in [5.41, 5.74) is 3.70. The van der Waals surface area contributed by atoms with Gasteiger partial charge in [-0.25, -0.2) is 12.4 Å². The van der Waals surface area contributed by atoms with Crippen LogP contribution in [0.2, 0.25) is 0 Å². The molecule has 0 aliphatic rings. The highest BCUT2D eigenvalue weighted by Crippen LogP contribution is 2.47. The van der Waals surface area contributed by atoms with E-state index < -0.39 is 10.0 Å². The highest BCUT2D eigenvalue weighted by molar-refractivity contribution is 7.90. The quantitative estimate of drug-likeness (QED) is 0.290. The molecule has 0 radical (unpaired) electrons. The van der Waals surface area contributed by atoms with Gasteiger partial charge in [0.05, 0.1) is 30.3 Å². The summed E-state index contributed by atoms with van der Waals surface area (Å²) in [5.74, 6) is 0.596. The lowest BCUT2D eigenvalue weighted by atomic mass is 10.0. The Bertz CT molecular complexity index is 1530. The van der Waals surface area contributed by atoms with Crippen LogP contribution >= 0.6 is 11.3 Å².